The molecule has 0 spiro atoms. The van der Waals surface area contributed by atoms with Crippen molar-refractivity contribution in [2.24, 2.45) is 0 Å². The zero-order valence-electron chi connectivity index (χ0n) is 13.5. The zero-order valence-corrected chi connectivity index (χ0v) is 14.3. The Hall–Kier alpha value is -2.05. The van der Waals surface area contributed by atoms with Gasteiger partial charge in [0.2, 0.25) is 5.89 Å². The van der Waals surface area contributed by atoms with E-state index in [2.05, 4.69) is 52.4 Å². The van der Waals surface area contributed by atoms with E-state index in [1.165, 1.54) is 5.56 Å². The summed E-state index contributed by atoms with van der Waals surface area (Å²) >= 11 is 2.02. The quantitative estimate of drug-likeness (QED) is 0.715. The normalized spacial score (nSPS) is 21.9. The molecular weight excluding hydrogens is 322 g/mol. The Balaban J connectivity index is 1.56. The van der Waals surface area contributed by atoms with Crippen molar-refractivity contribution in [2.75, 3.05) is 12.3 Å². The summed E-state index contributed by atoms with van der Waals surface area (Å²) in [5.74, 6) is 2.78. The molecular formula is C18H19N3O2S. The minimum Gasteiger partial charge on any atom is -0.459 e. The van der Waals surface area contributed by atoms with Gasteiger partial charge in [0.1, 0.15) is 0 Å². The molecule has 2 atom stereocenters. The van der Waals surface area contributed by atoms with E-state index < -0.39 is 0 Å². The summed E-state index contributed by atoms with van der Waals surface area (Å²) in [5, 5.41) is 8.81. The Kier molecular flexibility index (Phi) is 4.40. The van der Waals surface area contributed by atoms with Gasteiger partial charge in [-0.25, -0.2) is 0 Å². The van der Waals surface area contributed by atoms with E-state index in [4.69, 9.17) is 8.83 Å². The number of hydrogen-bond acceptors (Lipinski definition) is 6. The average Bonchev–Trinajstić information content (AvgIpc) is 3.27. The van der Waals surface area contributed by atoms with Crippen molar-refractivity contribution in [1.29, 1.82) is 0 Å². The lowest BCUT2D eigenvalue weighted by Gasteiger charge is -2.39. The van der Waals surface area contributed by atoms with Gasteiger partial charge in [0.25, 0.3) is 5.89 Å². The molecule has 1 aromatic carbocycles. The molecule has 1 aliphatic rings. The molecule has 5 nitrogen and oxygen atoms in total. The summed E-state index contributed by atoms with van der Waals surface area (Å²) in [6.45, 7) is 3.95. The predicted molar refractivity (Wildman–Crippen MR) is 93.5 cm³/mol. The first-order valence-corrected chi connectivity index (χ1v) is 9.13. The molecule has 6 heteroatoms. The second kappa shape index (κ2) is 6.83. The van der Waals surface area contributed by atoms with E-state index in [1.54, 1.807) is 6.26 Å². The van der Waals surface area contributed by atoms with Crippen LogP contribution in [0.25, 0.3) is 11.7 Å². The van der Waals surface area contributed by atoms with Gasteiger partial charge in [0.15, 0.2) is 5.76 Å². The van der Waals surface area contributed by atoms with Crippen LogP contribution in [-0.4, -0.2) is 32.6 Å². The zero-order chi connectivity index (χ0) is 16.4. The first-order valence-electron chi connectivity index (χ1n) is 8.08. The van der Waals surface area contributed by atoms with Crippen molar-refractivity contribution >= 4 is 11.8 Å². The maximum Gasteiger partial charge on any atom is 0.283 e. The highest BCUT2D eigenvalue weighted by molar-refractivity contribution is 8.00. The van der Waals surface area contributed by atoms with Crippen LogP contribution in [-0.2, 0) is 6.54 Å². The summed E-state index contributed by atoms with van der Waals surface area (Å²) in [6, 6.07) is 14.6. The Labute approximate surface area is 145 Å². The maximum absolute atomic E-state index is 5.79. The third kappa shape index (κ3) is 3.12. The van der Waals surface area contributed by atoms with E-state index in [1.807, 2.05) is 23.9 Å². The van der Waals surface area contributed by atoms with Gasteiger partial charge < -0.3 is 8.83 Å². The molecule has 24 heavy (non-hydrogen) atoms. The van der Waals surface area contributed by atoms with Crippen molar-refractivity contribution in [3.8, 4) is 11.7 Å². The van der Waals surface area contributed by atoms with E-state index in [0.29, 0.717) is 35.4 Å². The molecule has 1 saturated heterocycles. The van der Waals surface area contributed by atoms with E-state index in [-0.39, 0.29) is 0 Å². The van der Waals surface area contributed by atoms with Crippen LogP contribution in [0.5, 0.6) is 0 Å². The van der Waals surface area contributed by atoms with E-state index in [9.17, 15) is 0 Å². The first kappa shape index (κ1) is 15.5. The lowest BCUT2D eigenvalue weighted by Crippen LogP contribution is -2.39. The van der Waals surface area contributed by atoms with Crippen LogP contribution in [0, 0.1) is 0 Å². The number of furan rings is 1. The van der Waals surface area contributed by atoms with Gasteiger partial charge in [-0.1, -0.05) is 37.3 Å². The molecule has 0 radical (unpaired) electrons. The van der Waals surface area contributed by atoms with Gasteiger partial charge >= 0.3 is 0 Å². The fourth-order valence-electron chi connectivity index (χ4n) is 3.18. The maximum atomic E-state index is 5.79. The van der Waals surface area contributed by atoms with Crippen molar-refractivity contribution in [2.45, 2.75) is 24.8 Å². The largest absolute Gasteiger partial charge is 0.459 e. The number of hydrogen-bond donors (Lipinski definition) is 0. The van der Waals surface area contributed by atoms with Gasteiger partial charge in [-0.15, -0.1) is 10.2 Å². The van der Waals surface area contributed by atoms with Crippen LogP contribution in [0.15, 0.2) is 57.6 Å². The van der Waals surface area contributed by atoms with Crippen LogP contribution in [0.2, 0.25) is 0 Å². The van der Waals surface area contributed by atoms with E-state index in [0.717, 1.165) is 12.3 Å². The molecule has 3 heterocycles. The Morgan fingerprint density at radius 1 is 1.17 bits per heavy atom. The van der Waals surface area contributed by atoms with Crippen molar-refractivity contribution in [3.05, 3.63) is 60.2 Å². The first-order chi connectivity index (χ1) is 11.8. The van der Waals surface area contributed by atoms with Crippen LogP contribution >= 0.6 is 11.8 Å². The lowest BCUT2D eigenvalue weighted by molar-refractivity contribution is 0.174. The molecule has 124 valence electrons. The monoisotopic (exact) mass is 341 g/mol. The Morgan fingerprint density at radius 2 is 2.04 bits per heavy atom. The van der Waals surface area contributed by atoms with Gasteiger partial charge in [-0.2, -0.15) is 11.8 Å². The molecule has 0 bridgehead atoms. The predicted octanol–water partition coefficient (Wildman–Crippen LogP) is 4.01. The topological polar surface area (TPSA) is 55.3 Å². The van der Waals surface area contributed by atoms with Crippen molar-refractivity contribution in [1.82, 2.24) is 15.1 Å². The molecule has 1 aliphatic heterocycles. The van der Waals surface area contributed by atoms with Crippen molar-refractivity contribution < 1.29 is 8.83 Å². The number of benzene rings is 1. The highest BCUT2D eigenvalue weighted by atomic mass is 32.2. The summed E-state index contributed by atoms with van der Waals surface area (Å²) in [5.41, 5.74) is 1.34. The SMILES string of the molecule is C[C@@H]1SCCN(Cc2nnc(-c3ccco3)o2)[C@H]1c1ccccc1. The highest BCUT2D eigenvalue weighted by Crippen LogP contribution is 2.36. The lowest BCUT2D eigenvalue weighted by atomic mass is 10.0. The summed E-state index contributed by atoms with van der Waals surface area (Å²) in [6.07, 6.45) is 1.61. The third-order valence-electron chi connectivity index (χ3n) is 4.28. The Bertz CT molecular complexity index is 773. The average molecular weight is 341 g/mol. The molecule has 3 aromatic rings. The van der Waals surface area contributed by atoms with Gasteiger partial charge in [0, 0.05) is 23.6 Å². The minimum absolute atomic E-state index is 0.351. The van der Waals surface area contributed by atoms with Crippen LogP contribution in [0.1, 0.15) is 24.4 Å². The number of thioether (sulfide) groups is 1. The molecule has 0 N–H and O–H groups in total. The fraction of sp³-hybridized carbons (Fsp3) is 0.333. The second-order valence-electron chi connectivity index (χ2n) is 5.88. The second-order valence-corrected chi connectivity index (χ2v) is 7.37. The van der Waals surface area contributed by atoms with E-state index >= 15 is 0 Å². The number of aromatic nitrogens is 2. The standard InChI is InChI=1S/C18H19N3O2S/c1-13-17(14-6-3-2-4-7-14)21(9-11-24-13)12-16-19-20-18(23-16)15-8-5-10-22-15/h2-8,10,13,17H,9,11-12H2,1H3/t13-,17+/m0/s1. The van der Waals surface area contributed by atoms with Crippen LogP contribution in [0.4, 0.5) is 0 Å². The van der Waals surface area contributed by atoms with Gasteiger partial charge in [0.05, 0.1) is 12.8 Å². The molecule has 0 aliphatic carbocycles. The third-order valence-corrected chi connectivity index (χ3v) is 5.48. The minimum atomic E-state index is 0.351. The smallest absolute Gasteiger partial charge is 0.283 e. The van der Waals surface area contributed by atoms with Crippen LogP contribution < -0.4 is 0 Å². The summed E-state index contributed by atoms with van der Waals surface area (Å²) in [7, 11) is 0. The van der Waals surface area contributed by atoms with Crippen LogP contribution in [0.3, 0.4) is 0 Å². The molecule has 2 aromatic heterocycles. The molecule has 4 rings (SSSR count). The fourth-order valence-corrected chi connectivity index (χ4v) is 4.41. The molecule has 0 saturated carbocycles. The number of nitrogens with zero attached hydrogens (tertiary/aromatic N) is 3. The van der Waals surface area contributed by atoms with Gasteiger partial charge in [-0.3, -0.25) is 4.90 Å². The van der Waals surface area contributed by atoms with Gasteiger partial charge in [-0.05, 0) is 17.7 Å². The van der Waals surface area contributed by atoms with Crippen molar-refractivity contribution in [3.63, 3.8) is 0 Å². The highest BCUT2D eigenvalue weighted by Gasteiger charge is 2.31. The Morgan fingerprint density at radius 3 is 2.83 bits per heavy atom. The summed E-state index contributed by atoms with van der Waals surface area (Å²) < 4.78 is 11.1. The molecule has 1 fully saturated rings. The molecule has 0 unspecified atom stereocenters. The molecule has 0 amide bonds. The number of rotatable bonds is 4. The summed E-state index contributed by atoms with van der Waals surface area (Å²) in [4.78, 5) is 2.43.